The number of para-hydroxylation sites is 1. The number of piperazine rings is 1. The molecule has 2 aromatic carbocycles. The van der Waals surface area contributed by atoms with E-state index in [1.54, 1.807) is 23.1 Å². The van der Waals surface area contributed by atoms with Gasteiger partial charge in [0.1, 0.15) is 5.82 Å². The number of carbonyl (C=O) groups is 2. The number of amides is 2. The van der Waals surface area contributed by atoms with Crippen molar-refractivity contribution in [3.8, 4) is 0 Å². The lowest BCUT2D eigenvalue weighted by Gasteiger charge is -2.36. The lowest BCUT2D eigenvalue weighted by Crippen LogP contribution is -2.49. The molecule has 0 N–H and O–H groups in total. The van der Waals surface area contributed by atoms with Crippen LogP contribution in [0.25, 0.3) is 0 Å². The Morgan fingerprint density at radius 3 is 2.17 bits per heavy atom. The van der Waals surface area contributed by atoms with E-state index in [-0.39, 0.29) is 29.6 Å². The summed E-state index contributed by atoms with van der Waals surface area (Å²) in [6.07, 6.45) is -0.0324. The Morgan fingerprint density at radius 1 is 0.931 bits per heavy atom. The number of hydrogen-bond acceptors (Lipinski definition) is 5. The maximum atomic E-state index is 13.9. The van der Waals surface area contributed by atoms with Gasteiger partial charge in [0.15, 0.2) is 0 Å². The molecular weight excluding hydrogens is 397 g/mol. The first-order chi connectivity index (χ1) is 13.9. The third-order valence-corrected chi connectivity index (χ3v) is 6.88. The van der Waals surface area contributed by atoms with Gasteiger partial charge in [-0.2, -0.15) is 0 Å². The number of hydrogen-bond donors (Lipinski definition) is 0. The Labute approximate surface area is 168 Å². The normalized spacial score (nSPS) is 18.9. The number of sulfonamides is 1. The molecular formula is C20H20FN3O4S. The van der Waals surface area contributed by atoms with Crippen molar-refractivity contribution in [1.29, 1.82) is 0 Å². The van der Waals surface area contributed by atoms with E-state index in [0.717, 1.165) is 4.31 Å². The van der Waals surface area contributed by atoms with Gasteiger partial charge in [-0.3, -0.25) is 9.59 Å². The van der Waals surface area contributed by atoms with Crippen LogP contribution >= 0.6 is 0 Å². The van der Waals surface area contributed by atoms with E-state index < -0.39 is 15.9 Å². The van der Waals surface area contributed by atoms with Gasteiger partial charge in [0, 0.05) is 38.2 Å². The Balaban J connectivity index is 1.43. The minimum absolute atomic E-state index is 0.0324. The standard InChI is InChI=1S/C20H20FN3O4S/c21-17-3-1-2-4-18(17)22-10-12-23(13-11-22)20(26)15-5-7-16(8-6-15)24-19(25)9-14-29(24,27)28/h1-8H,9-14H2. The van der Waals surface area contributed by atoms with Crippen molar-refractivity contribution in [2.24, 2.45) is 0 Å². The number of carbonyl (C=O) groups excluding carboxylic acids is 2. The molecule has 0 spiro atoms. The molecule has 2 fully saturated rings. The summed E-state index contributed by atoms with van der Waals surface area (Å²) >= 11 is 0. The molecule has 0 bridgehead atoms. The first-order valence-electron chi connectivity index (χ1n) is 9.31. The van der Waals surface area contributed by atoms with Gasteiger partial charge in [0.25, 0.3) is 5.91 Å². The predicted octanol–water partition coefficient (Wildman–Crippen LogP) is 1.85. The molecule has 0 aliphatic carbocycles. The van der Waals surface area contributed by atoms with Crippen LogP contribution in [0.5, 0.6) is 0 Å². The van der Waals surface area contributed by atoms with Crippen molar-refractivity contribution in [2.45, 2.75) is 6.42 Å². The van der Waals surface area contributed by atoms with E-state index in [0.29, 0.717) is 37.4 Å². The molecule has 152 valence electrons. The molecule has 2 aliphatic rings. The van der Waals surface area contributed by atoms with Gasteiger partial charge in [-0.15, -0.1) is 0 Å². The summed E-state index contributed by atoms with van der Waals surface area (Å²) in [5.74, 6) is -1.12. The summed E-state index contributed by atoms with van der Waals surface area (Å²) in [4.78, 5) is 28.2. The highest BCUT2D eigenvalue weighted by atomic mass is 32.2. The van der Waals surface area contributed by atoms with Crippen LogP contribution < -0.4 is 9.21 Å². The van der Waals surface area contributed by atoms with Crippen LogP contribution in [0, 0.1) is 5.82 Å². The fraction of sp³-hybridized carbons (Fsp3) is 0.300. The first-order valence-corrected chi connectivity index (χ1v) is 10.9. The molecule has 2 aromatic rings. The second kappa shape index (κ2) is 7.47. The van der Waals surface area contributed by atoms with Crippen LogP contribution in [-0.2, 0) is 14.8 Å². The average Bonchev–Trinajstić information content (AvgIpc) is 3.00. The van der Waals surface area contributed by atoms with Gasteiger partial charge in [-0.1, -0.05) is 12.1 Å². The van der Waals surface area contributed by atoms with E-state index in [9.17, 15) is 22.4 Å². The van der Waals surface area contributed by atoms with Gasteiger partial charge in [0.2, 0.25) is 15.9 Å². The zero-order valence-electron chi connectivity index (χ0n) is 15.6. The predicted molar refractivity (Wildman–Crippen MR) is 107 cm³/mol. The Hall–Kier alpha value is -2.94. The SMILES string of the molecule is O=C(c1ccc(N2C(=O)CCS2(=O)=O)cc1)N1CCN(c2ccccc2F)CC1. The summed E-state index contributed by atoms with van der Waals surface area (Å²) < 4.78 is 38.8. The van der Waals surface area contributed by atoms with Gasteiger partial charge >= 0.3 is 0 Å². The van der Waals surface area contributed by atoms with Gasteiger partial charge in [-0.05, 0) is 36.4 Å². The molecule has 0 saturated carbocycles. The highest BCUT2D eigenvalue weighted by molar-refractivity contribution is 7.94. The van der Waals surface area contributed by atoms with Crippen LogP contribution in [0.15, 0.2) is 48.5 Å². The molecule has 9 heteroatoms. The third kappa shape index (κ3) is 3.69. The Kier molecular flexibility index (Phi) is 4.99. The maximum absolute atomic E-state index is 13.9. The average molecular weight is 417 g/mol. The lowest BCUT2D eigenvalue weighted by atomic mass is 10.1. The molecule has 2 saturated heterocycles. The van der Waals surface area contributed by atoms with E-state index in [1.165, 1.54) is 30.3 Å². The summed E-state index contributed by atoms with van der Waals surface area (Å²) in [6.45, 7) is 1.94. The molecule has 0 radical (unpaired) electrons. The Bertz CT molecular complexity index is 1050. The van der Waals surface area contributed by atoms with E-state index in [2.05, 4.69) is 0 Å². The van der Waals surface area contributed by atoms with Crippen molar-refractivity contribution in [3.63, 3.8) is 0 Å². The van der Waals surface area contributed by atoms with Crippen molar-refractivity contribution in [3.05, 3.63) is 59.9 Å². The second-order valence-corrected chi connectivity index (χ2v) is 8.94. The summed E-state index contributed by atoms with van der Waals surface area (Å²) in [6, 6.07) is 12.6. The van der Waals surface area contributed by atoms with Crippen LogP contribution in [0.3, 0.4) is 0 Å². The molecule has 2 amide bonds. The largest absolute Gasteiger partial charge is 0.366 e. The molecule has 0 unspecified atom stereocenters. The molecule has 29 heavy (non-hydrogen) atoms. The molecule has 2 aliphatic heterocycles. The summed E-state index contributed by atoms with van der Waals surface area (Å²) in [5, 5.41) is 0. The van der Waals surface area contributed by atoms with Gasteiger partial charge < -0.3 is 9.80 Å². The number of anilines is 2. The molecule has 2 heterocycles. The van der Waals surface area contributed by atoms with E-state index >= 15 is 0 Å². The first kappa shape index (κ1) is 19.4. The minimum atomic E-state index is -3.63. The summed E-state index contributed by atoms with van der Waals surface area (Å²) in [7, 11) is -3.63. The highest BCUT2D eigenvalue weighted by Crippen LogP contribution is 2.26. The van der Waals surface area contributed by atoms with E-state index in [4.69, 9.17) is 0 Å². The van der Waals surface area contributed by atoms with Crippen LogP contribution in [0.4, 0.5) is 15.8 Å². The van der Waals surface area contributed by atoms with Crippen molar-refractivity contribution in [1.82, 2.24) is 4.90 Å². The zero-order chi connectivity index (χ0) is 20.6. The van der Waals surface area contributed by atoms with Crippen molar-refractivity contribution in [2.75, 3.05) is 41.1 Å². The fourth-order valence-electron chi connectivity index (χ4n) is 3.65. The Morgan fingerprint density at radius 2 is 1.59 bits per heavy atom. The lowest BCUT2D eigenvalue weighted by molar-refractivity contribution is -0.116. The van der Waals surface area contributed by atoms with E-state index in [1.807, 2.05) is 4.90 Å². The van der Waals surface area contributed by atoms with Crippen LogP contribution in [0.1, 0.15) is 16.8 Å². The van der Waals surface area contributed by atoms with Crippen LogP contribution in [-0.4, -0.2) is 57.1 Å². The molecule has 7 nitrogen and oxygen atoms in total. The topological polar surface area (TPSA) is 78.0 Å². The third-order valence-electron chi connectivity index (χ3n) is 5.19. The molecule has 4 rings (SSSR count). The van der Waals surface area contributed by atoms with Crippen molar-refractivity contribution >= 4 is 33.2 Å². The van der Waals surface area contributed by atoms with Gasteiger partial charge in [0.05, 0.1) is 17.1 Å². The fourth-order valence-corrected chi connectivity index (χ4v) is 5.11. The minimum Gasteiger partial charge on any atom is -0.366 e. The number of nitrogens with zero attached hydrogens (tertiary/aromatic N) is 3. The highest BCUT2D eigenvalue weighted by Gasteiger charge is 2.36. The number of benzene rings is 2. The van der Waals surface area contributed by atoms with Gasteiger partial charge in [-0.25, -0.2) is 17.1 Å². The summed E-state index contributed by atoms with van der Waals surface area (Å²) in [5.41, 5.74) is 1.19. The van der Waals surface area contributed by atoms with Crippen molar-refractivity contribution < 1.29 is 22.4 Å². The maximum Gasteiger partial charge on any atom is 0.253 e. The second-order valence-electron chi connectivity index (χ2n) is 7.00. The quantitative estimate of drug-likeness (QED) is 0.762. The molecule has 0 atom stereocenters. The number of rotatable bonds is 3. The smallest absolute Gasteiger partial charge is 0.253 e. The number of halogens is 1. The monoisotopic (exact) mass is 417 g/mol. The van der Waals surface area contributed by atoms with Crippen LogP contribution in [0.2, 0.25) is 0 Å². The zero-order valence-corrected chi connectivity index (χ0v) is 16.4. The molecule has 0 aromatic heterocycles.